The van der Waals surface area contributed by atoms with E-state index in [2.05, 4.69) is 15.6 Å². The second-order valence-electron chi connectivity index (χ2n) is 8.73. The highest BCUT2D eigenvalue weighted by Crippen LogP contribution is 2.34. The molecule has 196 valence electrons. The van der Waals surface area contributed by atoms with Crippen molar-refractivity contribution >= 4 is 51.9 Å². The number of halogens is 2. The number of nitrogens with zero attached hydrogens (tertiary/aromatic N) is 2. The Morgan fingerprint density at radius 2 is 1.73 bits per heavy atom. The molecule has 1 fully saturated rings. The van der Waals surface area contributed by atoms with Gasteiger partial charge >= 0.3 is 0 Å². The summed E-state index contributed by atoms with van der Waals surface area (Å²) in [5.74, 6) is -0.729. The Morgan fingerprint density at radius 3 is 2.35 bits per heavy atom. The molecule has 3 aromatic rings. The Hall–Kier alpha value is -2.76. The van der Waals surface area contributed by atoms with Gasteiger partial charge in [-0.05, 0) is 57.0 Å². The highest BCUT2D eigenvalue weighted by molar-refractivity contribution is 7.16. The molecule has 9 nitrogen and oxygen atoms in total. The fourth-order valence-corrected chi connectivity index (χ4v) is 5.70. The quantitative estimate of drug-likeness (QED) is 0.235. The molecule has 37 heavy (non-hydrogen) atoms. The molecule has 2 aromatic heterocycles. The van der Waals surface area contributed by atoms with Gasteiger partial charge in [-0.25, -0.2) is 10.1 Å². The van der Waals surface area contributed by atoms with Crippen LogP contribution >= 0.6 is 34.5 Å². The zero-order chi connectivity index (χ0) is 26.9. The fourth-order valence-electron chi connectivity index (χ4n) is 4.49. The normalized spacial score (nSPS) is 19.8. The third-order valence-electron chi connectivity index (χ3n) is 6.42. The first kappa shape index (κ1) is 27.3. The monoisotopic (exact) mass is 564 g/mol. The number of aromatic nitrogens is 2. The highest BCUT2D eigenvalue weighted by atomic mass is 35.5. The predicted molar refractivity (Wildman–Crippen MR) is 144 cm³/mol. The summed E-state index contributed by atoms with van der Waals surface area (Å²) in [6.45, 7) is 3.35. The third kappa shape index (κ3) is 5.58. The van der Waals surface area contributed by atoms with Crippen molar-refractivity contribution in [2.45, 2.75) is 38.9 Å². The Bertz CT molecular complexity index is 1410. The molecule has 0 bridgehead atoms. The molecular formula is C25H26Cl2N4O5S. The molecular weight excluding hydrogens is 539 g/mol. The maximum atomic E-state index is 13.0. The molecule has 2 unspecified atom stereocenters. The number of carbonyl (C=O) groups is 2. The zero-order valence-corrected chi connectivity index (χ0v) is 23.0. The first-order chi connectivity index (χ1) is 17.6. The molecule has 12 heteroatoms. The van der Waals surface area contributed by atoms with Crippen molar-refractivity contribution in [1.29, 1.82) is 0 Å². The van der Waals surface area contributed by atoms with E-state index in [1.807, 2.05) is 0 Å². The number of rotatable bonds is 8. The smallest absolute Gasteiger partial charge is 0.281 e. The number of carbonyl (C=O) groups excluding carboxylic acids is 2. The number of thiophene rings is 1. The van der Waals surface area contributed by atoms with Crippen LogP contribution in [0.25, 0.3) is 5.69 Å². The first-order valence-electron chi connectivity index (χ1n) is 11.5. The summed E-state index contributed by atoms with van der Waals surface area (Å²) in [7, 11) is 3.22. The summed E-state index contributed by atoms with van der Waals surface area (Å²) in [4.78, 5) is 39.6. The largest absolute Gasteiger partial charge is 0.379 e. The van der Waals surface area contributed by atoms with Gasteiger partial charge in [0.05, 0.1) is 49.0 Å². The van der Waals surface area contributed by atoms with Crippen molar-refractivity contribution in [2.75, 3.05) is 14.2 Å². The zero-order valence-electron chi connectivity index (χ0n) is 20.6. The standard InChI is InChI=1S/C25H26Cl2N4O5S/c1-12(22-13(2)30-31(25(22)34)15-5-6-16(26)17(27)11-15)28-29-24(33)21-8-7-20(37-21)23(32)14-9-18(35-3)19(10-14)36-4/h5-8,11,14,18-19,30H,9-10H2,1-4H3,(H,29,33). The lowest BCUT2D eigenvalue weighted by Gasteiger charge is -2.15. The van der Waals surface area contributed by atoms with Gasteiger partial charge in [-0.3, -0.25) is 19.5 Å². The number of methoxy groups -OCH3 is 2. The van der Waals surface area contributed by atoms with E-state index in [9.17, 15) is 14.4 Å². The lowest BCUT2D eigenvalue weighted by atomic mass is 10.0. The number of Topliss-reactive ketones (excluding diaryl/α,β-unsaturated/α-hetero) is 1. The summed E-state index contributed by atoms with van der Waals surface area (Å²) >= 11 is 13.2. The van der Waals surface area contributed by atoms with E-state index in [-0.39, 0.29) is 29.5 Å². The number of hydrogen-bond acceptors (Lipinski definition) is 7. The molecule has 1 amide bonds. The molecule has 1 saturated carbocycles. The molecule has 4 rings (SSSR count). The van der Waals surface area contributed by atoms with Crippen molar-refractivity contribution in [3.8, 4) is 5.69 Å². The van der Waals surface area contributed by atoms with Gasteiger partial charge in [0.1, 0.15) is 0 Å². The minimum Gasteiger partial charge on any atom is -0.379 e. The predicted octanol–water partition coefficient (Wildman–Crippen LogP) is 4.62. The number of ether oxygens (including phenoxy) is 2. The minimum atomic E-state index is -0.475. The van der Waals surface area contributed by atoms with Crippen LogP contribution in [0.5, 0.6) is 0 Å². The second kappa shape index (κ2) is 11.3. The highest BCUT2D eigenvalue weighted by Gasteiger charge is 2.39. The van der Waals surface area contributed by atoms with Gasteiger partial charge in [-0.2, -0.15) is 5.10 Å². The van der Waals surface area contributed by atoms with Crippen molar-refractivity contribution in [1.82, 2.24) is 15.2 Å². The molecule has 1 aliphatic carbocycles. The van der Waals surface area contributed by atoms with Gasteiger partial charge in [0, 0.05) is 25.8 Å². The van der Waals surface area contributed by atoms with E-state index in [1.54, 1.807) is 58.4 Å². The van der Waals surface area contributed by atoms with E-state index < -0.39 is 5.91 Å². The number of nitrogens with one attached hydrogen (secondary N) is 2. The second-order valence-corrected chi connectivity index (χ2v) is 10.6. The minimum absolute atomic E-state index is 0.0314. The average molecular weight is 565 g/mol. The topological polar surface area (TPSA) is 115 Å². The molecule has 2 N–H and O–H groups in total. The molecule has 0 saturated heterocycles. The van der Waals surface area contributed by atoms with Crippen molar-refractivity contribution in [3.05, 3.63) is 71.7 Å². The van der Waals surface area contributed by atoms with Crippen LogP contribution in [0, 0.1) is 12.8 Å². The van der Waals surface area contributed by atoms with Crippen LogP contribution in [0.1, 0.15) is 50.4 Å². The van der Waals surface area contributed by atoms with Gasteiger partial charge in [-0.1, -0.05) is 23.2 Å². The number of aromatic amines is 1. The number of ketones is 1. The van der Waals surface area contributed by atoms with Crippen LogP contribution < -0.4 is 11.0 Å². The Kier molecular flexibility index (Phi) is 8.35. The summed E-state index contributed by atoms with van der Waals surface area (Å²) in [6.07, 6.45) is 0.897. The fraction of sp³-hybridized carbons (Fsp3) is 0.360. The lowest BCUT2D eigenvalue weighted by Crippen LogP contribution is -2.23. The number of hydrogen-bond donors (Lipinski definition) is 2. The summed E-state index contributed by atoms with van der Waals surface area (Å²) in [5, 5.41) is 7.81. The summed E-state index contributed by atoms with van der Waals surface area (Å²) in [6, 6.07) is 8.07. The van der Waals surface area contributed by atoms with Crippen molar-refractivity contribution in [2.24, 2.45) is 11.0 Å². The van der Waals surface area contributed by atoms with Crippen molar-refractivity contribution < 1.29 is 19.1 Å². The van der Waals surface area contributed by atoms with Crippen LogP contribution in [-0.2, 0) is 9.47 Å². The SMILES string of the molecule is COC1CC(C(=O)c2ccc(C(=O)NN=C(C)c3c(C)[nH]n(-c4ccc(Cl)c(Cl)c4)c3=O)s2)CC1OC. The van der Waals surface area contributed by atoms with Crippen LogP contribution in [0.15, 0.2) is 40.2 Å². The number of hydrazone groups is 1. The van der Waals surface area contributed by atoms with Crippen LogP contribution in [0.3, 0.4) is 0 Å². The average Bonchev–Trinajstić information content (AvgIpc) is 3.60. The van der Waals surface area contributed by atoms with E-state index in [4.69, 9.17) is 32.7 Å². The number of H-pyrrole nitrogens is 1. The number of benzene rings is 1. The molecule has 0 radical (unpaired) electrons. The molecule has 2 atom stereocenters. The third-order valence-corrected chi connectivity index (χ3v) is 8.25. The maximum absolute atomic E-state index is 13.0. The van der Waals surface area contributed by atoms with Gasteiger partial charge in [0.15, 0.2) is 5.78 Å². The molecule has 0 aliphatic heterocycles. The van der Waals surface area contributed by atoms with E-state index in [1.165, 1.54) is 4.68 Å². The summed E-state index contributed by atoms with van der Waals surface area (Å²) < 4.78 is 12.2. The summed E-state index contributed by atoms with van der Waals surface area (Å²) in [5.41, 5.74) is 3.84. The van der Waals surface area contributed by atoms with Crippen LogP contribution in [0.4, 0.5) is 0 Å². The number of aryl methyl sites for hydroxylation is 1. The first-order valence-corrected chi connectivity index (χ1v) is 13.0. The van der Waals surface area contributed by atoms with Gasteiger partial charge < -0.3 is 9.47 Å². The van der Waals surface area contributed by atoms with E-state index >= 15 is 0 Å². The molecule has 1 aromatic carbocycles. The molecule has 1 aliphatic rings. The van der Waals surface area contributed by atoms with Gasteiger partial charge in [0.25, 0.3) is 11.5 Å². The Balaban J connectivity index is 1.47. The van der Waals surface area contributed by atoms with Crippen LogP contribution in [-0.4, -0.2) is 53.6 Å². The number of amides is 1. The van der Waals surface area contributed by atoms with E-state index in [0.29, 0.717) is 55.3 Å². The lowest BCUT2D eigenvalue weighted by molar-refractivity contribution is -0.0157. The Morgan fingerprint density at radius 1 is 1.08 bits per heavy atom. The van der Waals surface area contributed by atoms with Gasteiger partial charge in [0.2, 0.25) is 0 Å². The van der Waals surface area contributed by atoms with Crippen molar-refractivity contribution in [3.63, 3.8) is 0 Å². The van der Waals surface area contributed by atoms with Gasteiger partial charge in [-0.15, -0.1) is 11.3 Å². The Labute approximate surface area is 227 Å². The van der Waals surface area contributed by atoms with E-state index in [0.717, 1.165) is 11.3 Å². The van der Waals surface area contributed by atoms with Crippen LogP contribution in [0.2, 0.25) is 10.0 Å². The maximum Gasteiger partial charge on any atom is 0.281 e. The molecule has 0 spiro atoms. The molecule has 2 heterocycles.